The molecule has 6 heteroatoms. The maximum atomic E-state index is 11.6. The lowest BCUT2D eigenvalue weighted by molar-refractivity contribution is -0.131. The first-order chi connectivity index (χ1) is 8.31. The van der Waals surface area contributed by atoms with Crippen LogP contribution in [0.1, 0.15) is 19.4 Å². The number of carboxylic acid groups (broad SMARTS) is 1. The Bertz CT molecular complexity index is 544. The highest BCUT2D eigenvalue weighted by atomic mass is 32.2. The van der Waals surface area contributed by atoms with E-state index in [0.717, 1.165) is 6.08 Å². The Morgan fingerprint density at radius 3 is 2.28 bits per heavy atom. The van der Waals surface area contributed by atoms with Gasteiger partial charge < -0.3 is 5.11 Å². The molecule has 1 aromatic carbocycles. The van der Waals surface area contributed by atoms with Crippen LogP contribution in [-0.2, 0) is 14.8 Å². The Labute approximate surface area is 106 Å². The van der Waals surface area contributed by atoms with E-state index in [-0.39, 0.29) is 0 Å². The Hall–Kier alpha value is -1.82. The van der Waals surface area contributed by atoms with Gasteiger partial charge >= 0.3 is 5.97 Å². The highest BCUT2D eigenvalue weighted by Gasteiger charge is 2.14. The predicted molar refractivity (Wildman–Crippen MR) is 70.8 cm³/mol. The number of hydrogen-bond donors (Lipinski definition) is 2. The predicted octanol–water partition coefficient (Wildman–Crippen LogP) is 1.93. The first-order valence-corrected chi connectivity index (χ1v) is 6.88. The molecule has 0 spiro atoms. The van der Waals surface area contributed by atoms with E-state index >= 15 is 0 Å². The molecule has 1 aromatic rings. The Morgan fingerprint density at radius 1 is 1.28 bits per heavy atom. The minimum Gasteiger partial charge on any atom is -0.478 e. The average molecular weight is 269 g/mol. The first-order valence-electron chi connectivity index (χ1n) is 5.34. The van der Waals surface area contributed by atoms with Crippen molar-refractivity contribution in [1.29, 1.82) is 0 Å². The van der Waals surface area contributed by atoms with Crippen molar-refractivity contribution < 1.29 is 18.3 Å². The molecule has 0 atom stereocenters. The first kappa shape index (κ1) is 14.2. The molecule has 0 saturated heterocycles. The molecule has 1 rings (SSSR count). The van der Waals surface area contributed by atoms with E-state index in [0.29, 0.717) is 11.3 Å². The molecule has 0 radical (unpaired) electrons. The summed E-state index contributed by atoms with van der Waals surface area (Å²) in [5, 5.41) is 7.95. The SMILES string of the molecule is CC(C)S(=O)(=O)Nc1ccc(/C=C/C(=O)O)cc1. The lowest BCUT2D eigenvalue weighted by atomic mass is 10.2. The summed E-state index contributed by atoms with van der Waals surface area (Å²) in [6.07, 6.45) is 2.45. The monoisotopic (exact) mass is 269 g/mol. The van der Waals surface area contributed by atoms with Crippen LogP contribution >= 0.6 is 0 Å². The molecular weight excluding hydrogens is 254 g/mol. The van der Waals surface area contributed by atoms with Gasteiger partial charge in [-0.2, -0.15) is 0 Å². The van der Waals surface area contributed by atoms with Crippen LogP contribution in [0, 0.1) is 0 Å². The smallest absolute Gasteiger partial charge is 0.328 e. The molecule has 0 aromatic heterocycles. The number of hydrogen-bond acceptors (Lipinski definition) is 3. The lowest BCUT2D eigenvalue weighted by Gasteiger charge is -2.10. The highest BCUT2D eigenvalue weighted by molar-refractivity contribution is 7.93. The average Bonchev–Trinajstić information content (AvgIpc) is 2.27. The number of rotatable bonds is 5. The van der Waals surface area contributed by atoms with Crippen LogP contribution in [0.25, 0.3) is 6.08 Å². The van der Waals surface area contributed by atoms with Gasteiger partial charge in [-0.1, -0.05) is 12.1 Å². The number of anilines is 1. The van der Waals surface area contributed by atoms with Gasteiger partial charge in [0.05, 0.1) is 5.25 Å². The number of nitrogens with one attached hydrogen (secondary N) is 1. The van der Waals surface area contributed by atoms with Crippen LogP contribution in [0.4, 0.5) is 5.69 Å². The molecule has 18 heavy (non-hydrogen) atoms. The third-order valence-electron chi connectivity index (χ3n) is 2.21. The fourth-order valence-electron chi connectivity index (χ4n) is 1.11. The van der Waals surface area contributed by atoms with Gasteiger partial charge in [0.2, 0.25) is 10.0 Å². The van der Waals surface area contributed by atoms with Crippen molar-refractivity contribution in [2.24, 2.45) is 0 Å². The summed E-state index contributed by atoms with van der Waals surface area (Å²) < 4.78 is 25.6. The molecule has 0 aliphatic carbocycles. The van der Waals surface area contributed by atoms with Gasteiger partial charge in [-0.15, -0.1) is 0 Å². The molecule has 0 bridgehead atoms. The van der Waals surface area contributed by atoms with Crippen LogP contribution in [0.5, 0.6) is 0 Å². The fourth-order valence-corrected chi connectivity index (χ4v) is 1.81. The van der Waals surface area contributed by atoms with E-state index in [4.69, 9.17) is 5.11 Å². The second-order valence-electron chi connectivity index (χ2n) is 3.99. The van der Waals surface area contributed by atoms with Crippen molar-refractivity contribution in [3.63, 3.8) is 0 Å². The number of benzene rings is 1. The Balaban J connectivity index is 2.81. The molecular formula is C12H15NO4S. The second kappa shape index (κ2) is 5.68. The maximum Gasteiger partial charge on any atom is 0.328 e. The number of aliphatic carboxylic acids is 1. The van der Waals surface area contributed by atoms with Crippen molar-refractivity contribution in [2.75, 3.05) is 4.72 Å². The minimum absolute atomic E-state index is 0.455. The number of sulfonamides is 1. The van der Waals surface area contributed by atoms with Crippen LogP contribution in [0.15, 0.2) is 30.3 Å². The van der Waals surface area contributed by atoms with E-state index in [1.165, 1.54) is 6.08 Å². The summed E-state index contributed by atoms with van der Waals surface area (Å²) in [4.78, 5) is 10.3. The zero-order valence-electron chi connectivity index (χ0n) is 10.1. The summed E-state index contributed by atoms with van der Waals surface area (Å²) in [6, 6.07) is 6.44. The standard InChI is InChI=1S/C12H15NO4S/c1-9(2)18(16,17)13-11-6-3-10(4-7-11)5-8-12(14)15/h3-9,13H,1-2H3,(H,14,15)/b8-5+. The van der Waals surface area contributed by atoms with Crippen molar-refractivity contribution in [1.82, 2.24) is 0 Å². The van der Waals surface area contributed by atoms with Gasteiger partial charge in [0.1, 0.15) is 0 Å². The van der Waals surface area contributed by atoms with Crippen molar-refractivity contribution in [3.05, 3.63) is 35.9 Å². The molecule has 5 nitrogen and oxygen atoms in total. The van der Waals surface area contributed by atoms with Gasteiger partial charge in [-0.25, -0.2) is 13.2 Å². The molecule has 0 aliphatic heterocycles. The molecule has 0 saturated carbocycles. The third-order valence-corrected chi connectivity index (χ3v) is 3.97. The summed E-state index contributed by atoms with van der Waals surface area (Å²) in [5.41, 5.74) is 1.14. The van der Waals surface area contributed by atoms with Crippen LogP contribution < -0.4 is 4.72 Å². The summed E-state index contributed by atoms with van der Waals surface area (Å²) in [6.45, 7) is 3.18. The zero-order valence-corrected chi connectivity index (χ0v) is 10.9. The zero-order chi connectivity index (χ0) is 13.8. The van der Waals surface area contributed by atoms with E-state index in [1.54, 1.807) is 38.1 Å². The minimum atomic E-state index is -3.35. The molecule has 0 aliphatic rings. The lowest BCUT2D eigenvalue weighted by Crippen LogP contribution is -2.22. The van der Waals surface area contributed by atoms with E-state index in [2.05, 4.69) is 4.72 Å². The normalized spacial score (nSPS) is 11.9. The van der Waals surface area contributed by atoms with E-state index < -0.39 is 21.2 Å². The second-order valence-corrected chi connectivity index (χ2v) is 6.23. The quantitative estimate of drug-likeness (QED) is 0.800. The van der Waals surface area contributed by atoms with Gasteiger partial charge in [-0.3, -0.25) is 4.72 Å². The van der Waals surface area contributed by atoms with E-state index in [9.17, 15) is 13.2 Å². The van der Waals surface area contributed by atoms with Gasteiger partial charge in [0, 0.05) is 11.8 Å². The van der Waals surface area contributed by atoms with Crippen LogP contribution in [0.3, 0.4) is 0 Å². The van der Waals surface area contributed by atoms with Gasteiger partial charge in [-0.05, 0) is 37.6 Å². The molecule has 2 N–H and O–H groups in total. The fraction of sp³-hybridized carbons (Fsp3) is 0.250. The molecule has 98 valence electrons. The Kier molecular flexibility index (Phi) is 4.49. The maximum absolute atomic E-state index is 11.6. The van der Waals surface area contributed by atoms with Crippen molar-refractivity contribution >= 4 is 27.8 Å². The molecule has 0 heterocycles. The van der Waals surface area contributed by atoms with Crippen molar-refractivity contribution in [3.8, 4) is 0 Å². The molecule has 0 amide bonds. The summed E-state index contributed by atoms with van der Waals surface area (Å²) >= 11 is 0. The van der Waals surface area contributed by atoms with Gasteiger partial charge in [0.25, 0.3) is 0 Å². The third kappa shape index (κ3) is 4.21. The van der Waals surface area contributed by atoms with E-state index in [1.807, 2.05) is 0 Å². The molecule has 0 fully saturated rings. The highest BCUT2D eigenvalue weighted by Crippen LogP contribution is 2.14. The largest absolute Gasteiger partial charge is 0.478 e. The summed E-state index contributed by atoms with van der Waals surface area (Å²) in [7, 11) is -3.35. The number of carbonyl (C=O) groups is 1. The van der Waals surface area contributed by atoms with Crippen molar-refractivity contribution in [2.45, 2.75) is 19.1 Å². The summed E-state index contributed by atoms with van der Waals surface area (Å²) in [5.74, 6) is -1.03. The topological polar surface area (TPSA) is 83.5 Å². The van der Waals surface area contributed by atoms with Gasteiger partial charge in [0.15, 0.2) is 0 Å². The van der Waals surface area contributed by atoms with Crippen LogP contribution in [-0.4, -0.2) is 24.7 Å². The molecule has 0 unspecified atom stereocenters. The number of carboxylic acids is 1. The van der Waals surface area contributed by atoms with Crippen LogP contribution in [0.2, 0.25) is 0 Å². The Morgan fingerprint density at radius 2 is 1.83 bits per heavy atom.